The Labute approximate surface area is 164 Å². The maximum atomic E-state index is 13.8. The average molecular weight is 403 g/mol. The number of carbonyl (C=O) groups is 1. The fraction of sp³-hybridized carbons (Fsp3) is 0.158. The Morgan fingerprint density at radius 3 is 2.54 bits per heavy atom. The minimum atomic E-state index is -0.583. The van der Waals surface area contributed by atoms with E-state index in [4.69, 9.17) is 11.6 Å². The van der Waals surface area contributed by atoms with Crippen LogP contribution in [0.2, 0.25) is 5.02 Å². The van der Waals surface area contributed by atoms with Gasteiger partial charge in [-0.05, 0) is 49.7 Å². The van der Waals surface area contributed by atoms with Crippen LogP contribution >= 0.6 is 11.6 Å². The second kappa shape index (κ2) is 7.77. The molecular weight excluding hydrogens is 387 g/mol. The number of nitro groups is 1. The molecule has 3 rings (SSSR count). The molecule has 0 aliphatic rings. The van der Waals surface area contributed by atoms with Crippen LogP contribution in [0.1, 0.15) is 27.3 Å². The van der Waals surface area contributed by atoms with E-state index < -0.39 is 16.6 Å². The summed E-state index contributed by atoms with van der Waals surface area (Å²) in [5.41, 5.74) is 1.95. The zero-order valence-corrected chi connectivity index (χ0v) is 15.8. The molecule has 0 radical (unpaired) electrons. The van der Waals surface area contributed by atoms with Gasteiger partial charge in [-0.2, -0.15) is 5.10 Å². The monoisotopic (exact) mass is 402 g/mol. The van der Waals surface area contributed by atoms with Crippen LogP contribution in [-0.2, 0) is 6.54 Å². The molecule has 1 N–H and O–H groups in total. The fourth-order valence-electron chi connectivity index (χ4n) is 2.83. The average Bonchev–Trinajstić information content (AvgIpc) is 2.92. The number of benzene rings is 2. The number of rotatable bonds is 5. The molecule has 2 aromatic carbocycles. The molecule has 0 aliphatic carbocycles. The van der Waals surface area contributed by atoms with Crippen molar-refractivity contribution < 1.29 is 14.1 Å². The van der Waals surface area contributed by atoms with Crippen LogP contribution in [0.3, 0.4) is 0 Å². The van der Waals surface area contributed by atoms with Gasteiger partial charge in [-0.25, -0.2) is 4.39 Å². The first-order chi connectivity index (χ1) is 13.3. The van der Waals surface area contributed by atoms with Crippen LogP contribution in [0.25, 0.3) is 0 Å². The van der Waals surface area contributed by atoms with Crippen LogP contribution in [0.5, 0.6) is 0 Å². The van der Waals surface area contributed by atoms with E-state index in [1.807, 2.05) is 0 Å². The quantitative estimate of drug-likeness (QED) is 0.502. The topological polar surface area (TPSA) is 90.1 Å². The Bertz CT molecular complexity index is 1060. The van der Waals surface area contributed by atoms with Gasteiger partial charge in [0.25, 0.3) is 5.91 Å². The number of aromatic nitrogens is 2. The lowest BCUT2D eigenvalue weighted by molar-refractivity contribution is -0.386. The lowest BCUT2D eigenvalue weighted by atomic mass is 10.1. The van der Waals surface area contributed by atoms with E-state index in [-0.39, 0.29) is 11.4 Å². The Kier molecular flexibility index (Phi) is 5.41. The van der Waals surface area contributed by atoms with Crippen molar-refractivity contribution in [3.8, 4) is 0 Å². The Morgan fingerprint density at radius 2 is 1.93 bits per heavy atom. The lowest BCUT2D eigenvalue weighted by Gasteiger charge is -2.08. The number of halogens is 2. The normalized spacial score (nSPS) is 10.7. The second-order valence-electron chi connectivity index (χ2n) is 6.21. The van der Waals surface area contributed by atoms with E-state index in [0.717, 1.165) is 5.56 Å². The van der Waals surface area contributed by atoms with Crippen molar-refractivity contribution in [2.24, 2.45) is 0 Å². The molecule has 28 heavy (non-hydrogen) atoms. The number of anilines is 1. The summed E-state index contributed by atoms with van der Waals surface area (Å²) in [6.45, 7) is 3.55. The third-order valence-electron chi connectivity index (χ3n) is 4.25. The minimum Gasteiger partial charge on any atom is -0.319 e. The smallest absolute Gasteiger partial charge is 0.312 e. The first-order valence-corrected chi connectivity index (χ1v) is 8.68. The molecule has 0 saturated carbocycles. The van der Waals surface area contributed by atoms with Crippen LogP contribution < -0.4 is 5.32 Å². The molecule has 1 aromatic heterocycles. The molecule has 1 heterocycles. The van der Waals surface area contributed by atoms with E-state index >= 15 is 0 Å². The molecule has 0 unspecified atom stereocenters. The summed E-state index contributed by atoms with van der Waals surface area (Å²) >= 11 is 5.82. The van der Waals surface area contributed by atoms with Crippen molar-refractivity contribution in [3.63, 3.8) is 0 Å². The molecular formula is C19H16ClFN4O3. The van der Waals surface area contributed by atoms with Crippen LogP contribution in [0.15, 0.2) is 42.5 Å². The molecule has 9 heteroatoms. The number of hydrogen-bond acceptors (Lipinski definition) is 4. The third-order valence-corrected chi connectivity index (χ3v) is 4.49. The summed E-state index contributed by atoms with van der Waals surface area (Å²) in [5, 5.41) is 18.1. The summed E-state index contributed by atoms with van der Waals surface area (Å²) in [6, 6.07) is 10.5. The number of hydrogen-bond donors (Lipinski definition) is 1. The van der Waals surface area contributed by atoms with Crippen molar-refractivity contribution in [2.75, 3.05) is 5.32 Å². The van der Waals surface area contributed by atoms with Gasteiger partial charge in [0.1, 0.15) is 17.2 Å². The van der Waals surface area contributed by atoms with Gasteiger partial charge >= 0.3 is 5.69 Å². The van der Waals surface area contributed by atoms with Crippen molar-refractivity contribution in [1.29, 1.82) is 0 Å². The Balaban J connectivity index is 1.75. The molecule has 7 nitrogen and oxygen atoms in total. The molecule has 144 valence electrons. The zero-order valence-electron chi connectivity index (χ0n) is 15.1. The van der Waals surface area contributed by atoms with Gasteiger partial charge in [0.05, 0.1) is 17.2 Å². The van der Waals surface area contributed by atoms with E-state index in [1.54, 1.807) is 42.8 Å². The Hall–Kier alpha value is -3.26. The van der Waals surface area contributed by atoms with Crippen LogP contribution in [0, 0.1) is 29.8 Å². The van der Waals surface area contributed by atoms with Crippen molar-refractivity contribution in [3.05, 3.63) is 85.9 Å². The van der Waals surface area contributed by atoms with Gasteiger partial charge in [0, 0.05) is 10.6 Å². The van der Waals surface area contributed by atoms with Gasteiger partial charge in [-0.15, -0.1) is 0 Å². The predicted octanol–water partition coefficient (Wildman–Crippen LogP) is 4.50. The molecule has 3 aromatic rings. The number of nitrogens with one attached hydrogen (secondary N) is 1. The van der Waals surface area contributed by atoms with Crippen molar-refractivity contribution in [1.82, 2.24) is 9.78 Å². The molecule has 0 aliphatic heterocycles. The fourth-order valence-corrected chi connectivity index (χ4v) is 3.00. The van der Waals surface area contributed by atoms with Gasteiger partial charge in [0.2, 0.25) is 0 Å². The van der Waals surface area contributed by atoms with E-state index in [2.05, 4.69) is 10.4 Å². The highest BCUT2D eigenvalue weighted by Crippen LogP contribution is 2.23. The Morgan fingerprint density at radius 1 is 1.25 bits per heavy atom. The first kappa shape index (κ1) is 19.5. The zero-order chi connectivity index (χ0) is 20.4. The van der Waals surface area contributed by atoms with Gasteiger partial charge in [-0.3, -0.25) is 19.6 Å². The molecule has 0 saturated heterocycles. The van der Waals surface area contributed by atoms with Gasteiger partial charge in [0.15, 0.2) is 0 Å². The number of aryl methyl sites for hydroxylation is 1. The third kappa shape index (κ3) is 4.01. The minimum absolute atomic E-state index is 0.000420. The number of amides is 1. The molecule has 1 amide bonds. The largest absolute Gasteiger partial charge is 0.319 e. The van der Waals surface area contributed by atoms with E-state index in [9.17, 15) is 19.3 Å². The van der Waals surface area contributed by atoms with Crippen LogP contribution in [0.4, 0.5) is 15.8 Å². The highest BCUT2D eigenvalue weighted by Gasteiger charge is 2.21. The number of carbonyl (C=O) groups excluding carboxylic acids is 1. The standard InChI is InChI=1S/C19H16ClFN4O3/c1-11-18(25(27)28)12(2)24(23-11)10-13-3-5-14(6-4-13)19(26)22-17-9-15(20)7-8-16(17)21/h3-9H,10H2,1-2H3,(H,22,26). The second-order valence-corrected chi connectivity index (χ2v) is 6.65. The SMILES string of the molecule is Cc1nn(Cc2ccc(C(=O)Nc3cc(Cl)ccc3F)cc2)c(C)c1[N+](=O)[O-]. The summed E-state index contributed by atoms with van der Waals surface area (Å²) < 4.78 is 15.3. The maximum Gasteiger partial charge on any atom is 0.312 e. The summed E-state index contributed by atoms with van der Waals surface area (Å²) in [5.74, 6) is -1.06. The molecule has 0 bridgehead atoms. The van der Waals surface area contributed by atoms with E-state index in [1.165, 1.54) is 18.2 Å². The lowest BCUT2D eigenvalue weighted by Crippen LogP contribution is -2.13. The number of nitrogens with zero attached hydrogens (tertiary/aromatic N) is 3. The first-order valence-electron chi connectivity index (χ1n) is 8.30. The summed E-state index contributed by atoms with van der Waals surface area (Å²) in [7, 11) is 0. The molecule has 0 atom stereocenters. The predicted molar refractivity (Wildman–Crippen MR) is 103 cm³/mol. The molecule has 0 fully saturated rings. The van der Waals surface area contributed by atoms with E-state index in [0.29, 0.717) is 28.5 Å². The molecule has 0 spiro atoms. The summed E-state index contributed by atoms with van der Waals surface area (Å²) in [4.78, 5) is 23.0. The van der Waals surface area contributed by atoms with Gasteiger partial charge in [-0.1, -0.05) is 23.7 Å². The van der Waals surface area contributed by atoms with Crippen molar-refractivity contribution >= 4 is 28.9 Å². The highest BCUT2D eigenvalue weighted by atomic mass is 35.5. The van der Waals surface area contributed by atoms with Crippen LogP contribution in [-0.4, -0.2) is 20.6 Å². The highest BCUT2D eigenvalue weighted by molar-refractivity contribution is 6.31. The summed E-state index contributed by atoms with van der Waals surface area (Å²) in [6.07, 6.45) is 0. The van der Waals surface area contributed by atoms with Gasteiger partial charge < -0.3 is 5.32 Å². The maximum absolute atomic E-state index is 13.8. The van der Waals surface area contributed by atoms with Crippen molar-refractivity contribution in [2.45, 2.75) is 20.4 Å².